The number of benzene rings is 1. The molecule has 0 bridgehead atoms. The quantitative estimate of drug-likeness (QED) is 0.385. The van der Waals surface area contributed by atoms with E-state index >= 15 is 0 Å². The molecule has 0 saturated carbocycles. The number of thiophene rings is 1. The number of hydrogen-bond acceptors (Lipinski definition) is 3. The van der Waals surface area contributed by atoms with Gasteiger partial charge in [-0.2, -0.15) is 5.26 Å². The number of aryl methyl sites for hydroxylation is 3. The van der Waals surface area contributed by atoms with Crippen LogP contribution in [-0.4, -0.2) is 10.8 Å². The van der Waals surface area contributed by atoms with Crippen LogP contribution in [0.2, 0.25) is 0 Å². The Balaban J connectivity index is 1.70. The van der Waals surface area contributed by atoms with Crippen LogP contribution in [0.25, 0.3) is 5.69 Å². The largest absolute Gasteiger partial charge is 0.317 e. The van der Waals surface area contributed by atoms with Gasteiger partial charge in [-0.05, 0) is 81.0 Å². The third-order valence-corrected chi connectivity index (χ3v) is 8.20. The van der Waals surface area contributed by atoms with Crippen LogP contribution in [0.15, 0.2) is 29.3 Å². The lowest BCUT2D eigenvalue weighted by atomic mass is 9.72. The van der Waals surface area contributed by atoms with E-state index in [4.69, 9.17) is 4.99 Å². The minimum atomic E-state index is 0.295. The molecule has 0 spiro atoms. The van der Waals surface area contributed by atoms with E-state index in [0.717, 1.165) is 35.4 Å². The second-order valence-corrected chi connectivity index (χ2v) is 11.3. The number of para-hydroxylation sites is 1. The molecule has 4 rings (SSSR count). The van der Waals surface area contributed by atoms with Crippen molar-refractivity contribution >= 4 is 22.6 Å². The van der Waals surface area contributed by atoms with E-state index in [1.165, 1.54) is 38.6 Å². The topological polar surface area (TPSA) is 41.1 Å². The molecule has 1 aliphatic rings. The molecule has 0 unspecified atom stereocenters. The van der Waals surface area contributed by atoms with Crippen LogP contribution in [0.3, 0.4) is 0 Å². The van der Waals surface area contributed by atoms with Gasteiger partial charge < -0.3 is 4.57 Å². The summed E-state index contributed by atoms with van der Waals surface area (Å²) in [6.45, 7) is 15.6. The van der Waals surface area contributed by atoms with Crippen molar-refractivity contribution in [2.45, 2.75) is 67.7 Å². The van der Waals surface area contributed by atoms with Gasteiger partial charge in [0, 0.05) is 28.0 Å². The van der Waals surface area contributed by atoms with Gasteiger partial charge in [-0.15, -0.1) is 11.3 Å². The Morgan fingerprint density at radius 1 is 1.16 bits per heavy atom. The van der Waals surface area contributed by atoms with Gasteiger partial charge in [0.05, 0.1) is 11.3 Å². The maximum absolute atomic E-state index is 9.88. The molecule has 0 N–H and O–H groups in total. The molecular weight excluding hydrogens is 410 g/mol. The van der Waals surface area contributed by atoms with E-state index in [-0.39, 0.29) is 0 Å². The van der Waals surface area contributed by atoms with Crippen molar-refractivity contribution in [3.05, 3.63) is 68.3 Å². The number of rotatable bonds is 3. The first kappa shape index (κ1) is 22.6. The van der Waals surface area contributed by atoms with E-state index in [2.05, 4.69) is 83.4 Å². The summed E-state index contributed by atoms with van der Waals surface area (Å²) >= 11 is 1.72. The van der Waals surface area contributed by atoms with Crippen molar-refractivity contribution < 1.29 is 0 Å². The molecule has 1 atom stereocenters. The molecule has 0 saturated heterocycles. The van der Waals surface area contributed by atoms with E-state index in [1.54, 1.807) is 11.3 Å². The predicted molar refractivity (Wildman–Crippen MR) is 136 cm³/mol. The number of hydrogen-bond donors (Lipinski definition) is 0. The van der Waals surface area contributed by atoms with Gasteiger partial charge in [0.15, 0.2) is 0 Å². The number of fused-ring (bicyclic) bond motifs is 1. The molecule has 1 aromatic carbocycles. The number of aliphatic imine (C=N–C) groups is 1. The van der Waals surface area contributed by atoms with Crippen LogP contribution >= 0.6 is 11.3 Å². The first-order valence-electron chi connectivity index (χ1n) is 11.5. The van der Waals surface area contributed by atoms with Crippen LogP contribution in [-0.2, 0) is 12.8 Å². The second kappa shape index (κ2) is 8.37. The predicted octanol–water partition coefficient (Wildman–Crippen LogP) is 7.55. The van der Waals surface area contributed by atoms with Gasteiger partial charge in [0.1, 0.15) is 11.1 Å². The van der Waals surface area contributed by atoms with Gasteiger partial charge in [0.2, 0.25) is 0 Å². The highest BCUT2D eigenvalue weighted by molar-refractivity contribution is 7.16. The minimum Gasteiger partial charge on any atom is -0.317 e. The first-order valence-corrected chi connectivity index (χ1v) is 12.3. The maximum Gasteiger partial charge on any atom is 0.134 e. The summed E-state index contributed by atoms with van der Waals surface area (Å²) in [4.78, 5) is 6.21. The highest BCUT2D eigenvalue weighted by Gasteiger charge is 2.32. The minimum absolute atomic E-state index is 0.295. The lowest BCUT2D eigenvalue weighted by molar-refractivity contribution is 0.218. The molecule has 2 aromatic heterocycles. The van der Waals surface area contributed by atoms with Crippen LogP contribution in [0.1, 0.15) is 71.3 Å². The molecule has 4 heteroatoms. The van der Waals surface area contributed by atoms with Crippen LogP contribution in [0.4, 0.5) is 5.00 Å². The van der Waals surface area contributed by atoms with Gasteiger partial charge >= 0.3 is 0 Å². The maximum atomic E-state index is 9.88. The van der Waals surface area contributed by atoms with Crippen molar-refractivity contribution in [1.29, 1.82) is 5.26 Å². The zero-order valence-electron chi connectivity index (χ0n) is 20.3. The normalized spacial score (nSPS) is 16.4. The highest BCUT2D eigenvalue weighted by atomic mass is 32.1. The third kappa shape index (κ3) is 3.95. The number of nitriles is 1. The monoisotopic (exact) mass is 443 g/mol. The van der Waals surface area contributed by atoms with E-state index < -0.39 is 0 Å². The van der Waals surface area contributed by atoms with Crippen molar-refractivity contribution in [1.82, 2.24) is 4.57 Å². The molecule has 166 valence electrons. The molecule has 0 radical (unpaired) electrons. The molecule has 0 fully saturated rings. The van der Waals surface area contributed by atoms with Crippen molar-refractivity contribution in [2.75, 3.05) is 0 Å². The Kier molecular flexibility index (Phi) is 5.90. The highest BCUT2D eigenvalue weighted by Crippen LogP contribution is 2.45. The summed E-state index contributed by atoms with van der Waals surface area (Å²) in [6.07, 6.45) is 5.16. The number of aromatic nitrogens is 1. The van der Waals surface area contributed by atoms with Gasteiger partial charge in [-0.3, -0.25) is 0 Å². The van der Waals surface area contributed by atoms with Crippen LogP contribution in [0, 0.1) is 50.4 Å². The zero-order valence-corrected chi connectivity index (χ0v) is 21.2. The van der Waals surface area contributed by atoms with E-state index in [9.17, 15) is 5.26 Å². The second-order valence-electron chi connectivity index (χ2n) is 10.3. The molecule has 1 aliphatic carbocycles. The van der Waals surface area contributed by atoms with Crippen molar-refractivity contribution in [2.24, 2.45) is 16.3 Å². The fraction of sp³-hybridized carbons (Fsp3) is 0.429. The fourth-order valence-electron chi connectivity index (χ4n) is 5.07. The average molecular weight is 444 g/mol. The molecule has 3 aromatic rings. The molecule has 0 amide bonds. The fourth-order valence-corrected chi connectivity index (χ4v) is 6.29. The summed E-state index contributed by atoms with van der Waals surface area (Å²) in [7, 11) is 0. The lowest BCUT2D eigenvalue weighted by Gasteiger charge is -2.33. The Labute approximate surface area is 196 Å². The molecular formula is C28H33N3S. The SMILES string of the molecule is Cc1cccc(C)c1-n1c(C)cc(C=Nc2sc3c(c2C#N)CC[C@H](C(C)(C)C)C3)c1C. The van der Waals surface area contributed by atoms with Crippen molar-refractivity contribution in [3.63, 3.8) is 0 Å². The Bertz CT molecular complexity index is 1220. The first-order chi connectivity index (χ1) is 15.1. The third-order valence-electron chi connectivity index (χ3n) is 7.04. The number of nitrogens with zero attached hydrogens (tertiary/aromatic N) is 3. The van der Waals surface area contributed by atoms with Crippen molar-refractivity contribution in [3.8, 4) is 11.8 Å². The molecule has 2 heterocycles. The molecule has 3 nitrogen and oxygen atoms in total. The standard InChI is InChI=1S/C28H33N3S/c1-17-9-8-10-18(2)26(17)31-19(3)13-21(20(31)4)16-30-27-24(15-29)23-12-11-22(28(5,6)7)14-25(23)32-27/h8-10,13,16,22H,11-12,14H2,1-7H3/t22-/m0/s1. The Morgan fingerprint density at radius 3 is 2.47 bits per heavy atom. The Hall–Kier alpha value is -2.64. The van der Waals surface area contributed by atoms with Gasteiger partial charge in [0.25, 0.3) is 0 Å². The average Bonchev–Trinajstić information content (AvgIpc) is 3.22. The summed E-state index contributed by atoms with van der Waals surface area (Å²) in [5.41, 5.74) is 9.58. The van der Waals surface area contributed by atoms with E-state index in [1.807, 2.05) is 6.21 Å². The lowest BCUT2D eigenvalue weighted by Crippen LogP contribution is -2.26. The summed E-state index contributed by atoms with van der Waals surface area (Å²) in [6, 6.07) is 11.1. The van der Waals surface area contributed by atoms with Gasteiger partial charge in [-0.1, -0.05) is 39.0 Å². The summed E-state index contributed by atoms with van der Waals surface area (Å²) in [5, 5.41) is 10.7. The Morgan fingerprint density at radius 2 is 1.84 bits per heavy atom. The smallest absolute Gasteiger partial charge is 0.134 e. The van der Waals surface area contributed by atoms with Gasteiger partial charge in [-0.25, -0.2) is 4.99 Å². The molecule has 0 aliphatic heterocycles. The van der Waals surface area contributed by atoms with Crippen LogP contribution in [0.5, 0.6) is 0 Å². The summed E-state index contributed by atoms with van der Waals surface area (Å²) in [5.74, 6) is 0.660. The summed E-state index contributed by atoms with van der Waals surface area (Å²) < 4.78 is 2.32. The van der Waals surface area contributed by atoms with E-state index in [0.29, 0.717) is 11.3 Å². The molecule has 32 heavy (non-hydrogen) atoms. The zero-order chi connectivity index (χ0) is 23.2. The van der Waals surface area contributed by atoms with Crippen LogP contribution < -0.4 is 0 Å².